The lowest BCUT2D eigenvalue weighted by atomic mass is 9.96. The Labute approximate surface area is 130 Å². The van der Waals surface area contributed by atoms with Gasteiger partial charge in [-0.05, 0) is 0 Å². The third-order valence-corrected chi connectivity index (χ3v) is 4.01. The summed E-state index contributed by atoms with van der Waals surface area (Å²) in [5.41, 5.74) is 0. The van der Waals surface area contributed by atoms with Gasteiger partial charge < -0.3 is 55.1 Å². The molecule has 0 aromatic rings. The smallest absolute Gasteiger partial charge is 0.219 e. The molecule has 8 N–H and O–H groups in total. The molecule has 11 nitrogen and oxygen atoms in total. The minimum absolute atomic E-state index is 0.466. The van der Waals surface area contributed by atoms with Crippen LogP contribution in [0, 0.1) is 0 Å². The molecule has 0 aliphatic carbocycles. The average Bonchev–Trinajstić information content (AvgIpc) is 2.55. The van der Waals surface area contributed by atoms with E-state index < -0.39 is 74.6 Å². The average molecular weight is 342 g/mol. The summed E-state index contributed by atoms with van der Waals surface area (Å²) in [5.74, 6) is -2.38. The van der Waals surface area contributed by atoms with Crippen molar-refractivity contribution < 1.29 is 55.1 Å². The summed E-state index contributed by atoms with van der Waals surface area (Å²) in [6.07, 6.45) is -12.9. The molecule has 2 rings (SSSR count). The van der Waals surface area contributed by atoms with Gasteiger partial charge in [0.1, 0.15) is 42.7 Å². The molecule has 2 aliphatic rings. The van der Waals surface area contributed by atoms with Gasteiger partial charge in [-0.2, -0.15) is 0 Å². The predicted octanol–water partition coefficient (Wildman–Crippen LogP) is -5.40. The quantitative estimate of drug-likeness (QED) is 0.243. The van der Waals surface area contributed by atoms with Crippen molar-refractivity contribution in [3.63, 3.8) is 0 Å². The Morgan fingerprint density at radius 2 is 1.61 bits per heavy atom. The van der Waals surface area contributed by atoms with E-state index in [1.54, 1.807) is 0 Å². The molecule has 0 bridgehead atoms. The monoisotopic (exact) mass is 342 g/mol. The summed E-state index contributed by atoms with van der Waals surface area (Å²) >= 11 is 0. The first-order chi connectivity index (χ1) is 10.7. The molecular weight excluding hydrogens is 320 g/mol. The first-order valence-corrected chi connectivity index (χ1v) is 7.04. The number of hydrogen-bond donors (Lipinski definition) is 8. The fraction of sp³-hybridized carbons (Fsp3) is 1.00. The molecule has 2 heterocycles. The lowest BCUT2D eigenvalue weighted by Crippen LogP contribution is -2.67. The van der Waals surface area contributed by atoms with E-state index in [1.165, 1.54) is 0 Å². The van der Waals surface area contributed by atoms with Crippen LogP contribution in [-0.4, -0.2) is 115 Å². The van der Waals surface area contributed by atoms with Crippen LogP contribution in [0.25, 0.3) is 0 Å². The van der Waals surface area contributed by atoms with E-state index in [-0.39, 0.29) is 0 Å². The maximum atomic E-state index is 10.1. The van der Waals surface area contributed by atoms with Crippen LogP contribution in [0.3, 0.4) is 0 Å². The first kappa shape index (κ1) is 18.9. The van der Waals surface area contributed by atoms with Gasteiger partial charge in [-0.15, -0.1) is 0 Å². The topological polar surface area (TPSA) is 190 Å². The van der Waals surface area contributed by atoms with E-state index >= 15 is 0 Å². The first-order valence-electron chi connectivity index (χ1n) is 7.04. The molecule has 23 heavy (non-hydrogen) atoms. The molecule has 11 heteroatoms. The van der Waals surface area contributed by atoms with Gasteiger partial charge in [0.2, 0.25) is 5.79 Å². The molecule has 0 aromatic carbocycles. The van der Waals surface area contributed by atoms with Crippen molar-refractivity contribution >= 4 is 0 Å². The summed E-state index contributed by atoms with van der Waals surface area (Å²) in [6.45, 7) is -2.15. The van der Waals surface area contributed by atoms with E-state index in [1.807, 2.05) is 0 Å². The fourth-order valence-electron chi connectivity index (χ4n) is 2.53. The van der Waals surface area contributed by atoms with Gasteiger partial charge in [0.15, 0.2) is 6.29 Å². The van der Waals surface area contributed by atoms with Gasteiger partial charge in [0.25, 0.3) is 0 Å². The van der Waals surface area contributed by atoms with Crippen molar-refractivity contribution in [2.24, 2.45) is 0 Å². The molecule has 0 radical (unpaired) electrons. The number of ether oxygens (including phenoxy) is 3. The summed E-state index contributed by atoms with van der Waals surface area (Å²) in [5, 5.41) is 77.2. The van der Waals surface area contributed by atoms with Crippen LogP contribution in [0.15, 0.2) is 0 Å². The Morgan fingerprint density at radius 1 is 0.957 bits per heavy atom. The SMILES string of the molecule is OC[C@H]1O[C@H](O[C@H]2[C@H](O)[C@H](O)CO[C@]2(O)CO)[C@H](O)[C@@H](O)[C@@H]1O. The van der Waals surface area contributed by atoms with E-state index in [0.29, 0.717) is 0 Å². The van der Waals surface area contributed by atoms with E-state index in [2.05, 4.69) is 0 Å². The summed E-state index contributed by atoms with van der Waals surface area (Å²) in [6, 6.07) is 0. The van der Waals surface area contributed by atoms with Crippen LogP contribution >= 0.6 is 0 Å². The van der Waals surface area contributed by atoms with E-state index in [0.717, 1.165) is 0 Å². The van der Waals surface area contributed by atoms with Gasteiger partial charge in [-0.1, -0.05) is 0 Å². The molecule has 9 atom stereocenters. The third-order valence-electron chi connectivity index (χ3n) is 4.01. The molecule has 0 spiro atoms. The second kappa shape index (κ2) is 7.21. The highest BCUT2D eigenvalue weighted by Gasteiger charge is 2.53. The van der Waals surface area contributed by atoms with Crippen LogP contribution in [0.4, 0.5) is 0 Å². The normalized spacial score (nSPS) is 51.7. The van der Waals surface area contributed by atoms with Gasteiger partial charge in [-0.25, -0.2) is 0 Å². The third kappa shape index (κ3) is 3.50. The highest BCUT2D eigenvalue weighted by Crippen LogP contribution is 2.30. The zero-order valence-corrected chi connectivity index (χ0v) is 12.0. The number of aliphatic hydroxyl groups is 8. The second-order valence-corrected chi connectivity index (χ2v) is 5.63. The Bertz CT molecular complexity index is 393. The van der Waals surface area contributed by atoms with Gasteiger partial charge in [0.05, 0.1) is 19.8 Å². The summed E-state index contributed by atoms with van der Waals surface area (Å²) < 4.78 is 15.1. The fourth-order valence-corrected chi connectivity index (χ4v) is 2.53. The largest absolute Gasteiger partial charge is 0.394 e. The zero-order chi connectivity index (χ0) is 17.4. The second-order valence-electron chi connectivity index (χ2n) is 5.63. The summed E-state index contributed by atoms with van der Waals surface area (Å²) in [4.78, 5) is 0. The van der Waals surface area contributed by atoms with Gasteiger partial charge in [-0.3, -0.25) is 0 Å². The number of aliphatic hydroxyl groups excluding tert-OH is 7. The van der Waals surface area contributed by atoms with Crippen LogP contribution in [0.5, 0.6) is 0 Å². The summed E-state index contributed by atoms with van der Waals surface area (Å²) in [7, 11) is 0. The van der Waals surface area contributed by atoms with Crippen LogP contribution < -0.4 is 0 Å². The lowest BCUT2D eigenvalue weighted by molar-refractivity contribution is -0.387. The Kier molecular flexibility index (Phi) is 5.92. The lowest BCUT2D eigenvalue weighted by Gasteiger charge is -2.47. The molecule has 2 fully saturated rings. The predicted molar refractivity (Wildman–Crippen MR) is 68.6 cm³/mol. The van der Waals surface area contributed by atoms with Crippen molar-refractivity contribution in [2.45, 2.75) is 54.8 Å². The van der Waals surface area contributed by atoms with Crippen LogP contribution in [-0.2, 0) is 14.2 Å². The maximum Gasteiger partial charge on any atom is 0.219 e. The highest BCUT2D eigenvalue weighted by molar-refractivity contribution is 4.95. The van der Waals surface area contributed by atoms with Crippen LogP contribution in [0.2, 0.25) is 0 Å². The molecule has 0 aromatic heterocycles. The minimum atomic E-state index is -2.38. The molecule has 136 valence electrons. The van der Waals surface area contributed by atoms with E-state index in [4.69, 9.17) is 19.3 Å². The van der Waals surface area contributed by atoms with Crippen molar-refractivity contribution in [3.8, 4) is 0 Å². The van der Waals surface area contributed by atoms with Crippen molar-refractivity contribution in [1.29, 1.82) is 0 Å². The standard InChI is InChI=1S/C12H22O11/c13-1-5-7(17)8(18)9(19)11(22-5)23-10-6(16)4(15)2-21-12(10,20)3-14/h4-11,13-20H,1-3H2/t4-,5-,6-,7-,8+,9-,10+,11-,12-/m1/s1. The molecule has 0 saturated carbocycles. The van der Waals surface area contributed by atoms with E-state index in [9.17, 15) is 35.7 Å². The zero-order valence-electron chi connectivity index (χ0n) is 12.0. The minimum Gasteiger partial charge on any atom is -0.394 e. The van der Waals surface area contributed by atoms with Gasteiger partial charge >= 0.3 is 0 Å². The molecule has 2 saturated heterocycles. The molecule has 2 aliphatic heterocycles. The number of hydrogen-bond acceptors (Lipinski definition) is 11. The molecular formula is C12H22O11. The Hall–Kier alpha value is -0.440. The highest BCUT2D eigenvalue weighted by atomic mass is 16.7. The maximum absolute atomic E-state index is 10.1. The van der Waals surface area contributed by atoms with Crippen molar-refractivity contribution in [3.05, 3.63) is 0 Å². The molecule has 0 amide bonds. The molecule has 0 unspecified atom stereocenters. The van der Waals surface area contributed by atoms with Gasteiger partial charge in [0, 0.05) is 0 Å². The van der Waals surface area contributed by atoms with Crippen molar-refractivity contribution in [2.75, 3.05) is 19.8 Å². The Morgan fingerprint density at radius 3 is 2.17 bits per heavy atom. The van der Waals surface area contributed by atoms with Crippen LogP contribution in [0.1, 0.15) is 0 Å². The number of rotatable bonds is 4. The Balaban J connectivity index is 2.17. The van der Waals surface area contributed by atoms with Crippen molar-refractivity contribution in [1.82, 2.24) is 0 Å².